The maximum absolute atomic E-state index is 6.28. The van der Waals surface area contributed by atoms with Crippen LogP contribution in [0.3, 0.4) is 0 Å². The van der Waals surface area contributed by atoms with Crippen molar-refractivity contribution in [1.29, 1.82) is 0 Å². The van der Waals surface area contributed by atoms with Gasteiger partial charge in [0.2, 0.25) is 0 Å². The summed E-state index contributed by atoms with van der Waals surface area (Å²) in [6.07, 6.45) is 0. The SMILES string of the molecule is CCOc1ccccc1C(N)c1csc(I)c1. The van der Waals surface area contributed by atoms with E-state index in [-0.39, 0.29) is 6.04 Å². The van der Waals surface area contributed by atoms with Crippen LogP contribution in [-0.2, 0) is 0 Å². The van der Waals surface area contributed by atoms with Crippen LogP contribution < -0.4 is 10.5 Å². The number of benzene rings is 1. The van der Waals surface area contributed by atoms with E-state index < -0.39 is 0 Å². The van der Waals surface area contributed by atoms with Crippen molar-refractivity contribution >= 4 is 33.9 Å². The average Bonchev–Trinajstić information content (AvgIpc) is 2.76. The molecule has 0 spiro atoms. The Morgan fingerprint density at radius 2 is 2.18 bits per heavy atom. The highest BCUT2D eigenvalue weighted by Crippen LogP contribution is 2.30. The first-order valence-corrected chi connectivity index (χ1v) is 7.39. The van der Waals surface area contributed by atoms with Crippen LogP contribution in [-0.4, -0.2) is 6.61 Å². The summed E-state index contributed by atoms with van der Waals surface area (Å²) in [7, 11) is 0. The van der Waals surface area contributed by atoms with Gasteiger partial charge in [0.05, 0.1) is 15.5 Å². The van der Waals surface area contributed by atoms with Gasteiger partial charge >= 0.3 is 0 Å². The van der Waals surface area contributed by atoms with Gasteiger partial charge in [0, 0.05) is 5.56 Å². The monoisotopic (exact) mass is 359 g/mol. The average molecular weight is 359 g/mol. The Labute approximate surface area is 119 Å². The number of hydrogen-bond acceptors (Lipinski definition) is 3. The molecule has 2 nitrogen and oxygen atoms in total. The molecule has 0 aliphatic heterocycles. The summed E-state index contributed by atoms with van der Waals surface area (Å²) < 4.78 is 6.86. The Hall–Kier alpha value is -0.590. The molecule has 2 aromatic rings. The third-order valence-electron chi connectivity index (χ3n) is 2.50. The molecule has 0 amide bonds. The summed E-state index contributed by atoms with van der Waals surface area (Å²) in [6.45, 7) is 2.64. The van der Waals surface area contributed by atoms with Crippen LogP contribution in [0.15, 0.2) is 35.7 Å². The summed E-state index contributed by atoms with van der Waals surface area (Å²) in [6, 6.07) is 9.97. The van der Waals surface area contributed by atoms with Crippen molar-refractivity contribution in [1.82, 2.24) is 0 Å². The first kappa shape index (κ1) is 12.9. The van der Waals surface area contributed by atoms with E-state index in [0.717, 1.165) is 16.9 Å². The molecule has 0 saturated heterocycles. The maximum Gasteiger partial charge on any atom is 0.124 e. The molecule has 0 aliphatic rings. The first-order valence-electron chi connectivity index (χ1n) is 5.43. The minimum absolute atomic E-state index is 0.113. The van der Waals surface area contributed by atoms with Gasteiger partial charge in [-0.1, -0.05) is 18.2 Å². The number of para-hydroxylation sites is 1. The lowest BCUT2D eigenvalue weighted by Crippen LogP contribution is -2.12. The second-order valence-corrected chi connectivity index (χ2v) is 6.44. The molecule has 1 heterocycles. The van der Waals surface area contributed by atoms with Gasteiger partial charge in [-0.05, 0) is 52.6 Å². The number of hydrogen-bond donors (Lipinski definition) is 1. The standard InChI is InChI=1S/C13H14INOS/c1-2-16-11-6-4-3-5-10(11)13(15)9-7-12(14)17-8-9/h3-8,13H,2,15H2,1H3. The van der Waals surface area contributed by atoms with Gasteiger partial charge in [0.25, 0.3) is 0 Å². The quantitative estimate of drug-likeness (QED) is 0.843. The summed E-state index contributed by atoms with van der Waals surface area (Å²) >= 11 is 4.02. The highest BCUT2D eigenvalue weighted by molar-refractivity contribution is 14.1. The van der Waals surface area contributed by atoms with E-state index >= 15 is 0 Å². The summed E-state index contributed by atoms with van der Waals surface area (Å²) in [5.74, 6) is 0.878. The Balaban J connectivity index is 2.33. The van der Waals surface area contributed by atoms with Crippen molar-refractivity contribution in [2.24, 2.45) is 5.73 Å². The third-order valence-corrected chi connectivity index (χ3v) is 4.31. The number of rotatable bonds is 4. The van der Waals surface area contributed by atoms with E-state index in [0.29, 0.717) is 6.61 Å². The summed E-state index contributed by atoms with van der Waals surface area (Å²) in [5.41, 5.74) is 8.47. The van der Waals surface area contributed by atoms with Gasteiger partial charge in [-0.15, -0.1) is 11.3 Å². The van der Waals surface area contributed by atoms with Crippen molar-refractivity contribution in [2.45, 2.75) is 13.0 Å². The molecule has 0 bridgehead atoms. The van der Waals surface area contributed by atoms with Crippen LogP contribution in [0, 0.1) is 2.88 Å². The van der Waals surface area contributed by atoms with E-state index in [2.05, 4.69) is 34.0 Å². The van der Waals surface area contributed by atoms with Crippen molar-refractivity contribution in [2.75, 3.05) is 6.61 Å². The second kappa shape index (κ2) is 5.84. The van der Waals surface area contributed by atoms with Crippen LogP contribution in [0.25, 0.3) is 0 Å². The van der Waals surface area contributed by atoms with Crippen molar-refractivity contribution < 1.29 is 4.74 Å². The Morgan fingerprint density at radius 3 is 2.82 bits per heavy atom. The number of thiophene rings is 1. The molecular formula is C13H14INOS. The molecular weight excluding hydrogens is 345 g/mol. The predicted molar refractivity (Wildman–Crippen MR) is 80.7 cm³/mol. The predicted octanol–water partition coefficient (Wildman–Crippen LogP) is 3.80. The van der Waals surface area contributed by atoms with E-state index in [1.165, 1.54) is 2.88 Å². The second-order valence-electron chi connectivity index (χ2n) is 3.63. The summed E-state index contributed by atoms with van der Waals surface area (Å²) in [5, 5.41) is 2.11. The molecule has 1 unspecified atom stereocenters. The number of halogens is 1. The molecule has 0 radical (unpaired) electrons. The van der Waals surface area contributed by atoms with Crippen LogP contribution in [0.4, 0.5) is 0 Å². The molecule has 17 heavy (non-hydrogen) atoms. The lowest BCUT2D eigenvalue weighted by atomic mass is 10.0. The van der Waals surface area contributed by atoms with E-state index in [1.54, 1.807) is 11.3 Å². The molecule has 90 valence electrons. The molecule has 2 rings (SSSR count). The van der Waals surface area contributed by atoms with Crippen LogP contribution >= 0.6 is 33.9 Å². The minimum Gasteiger partial charge on any atom is -0.494 e. The minimum atomic E-state index is -0.113. The number of ether oxygens (including phenoxy) is 1. The fourth-order valence-corrected chi connectivity index (χ4v) is 3.10. The lowest BCUT2D eigenvalue weighted by molar-refractivity contribution is 0.335. The smallest absolute Gasteiger partial charge is 0.124 e. The van der Waals surface area contributed by atoms with Gasteiger partial charge in [-0.2, -0.15) is 0 Å². The van der Waals surface area contributed by atoms with Crippen molar-refractivity contribution in [3.63, 3.8) is 0 Å². The first-order chi connectivity index (χ1) is 8.22. The number of nitrogens with two attached hydrogens (primary N) is 1. The molecule has 0 saturated carbocycles. The van der Waals surface area contributed by atoms with Crippen molar-refractivity contribution in [3.8, 4) is 5.75 Å². The maximum atomic E-state index is 6.28. The van der Waals surface area contributed by atoms with Crippen LogP contribution in [0.2, 0.25) is 0 Å². The zero-order valence-electron chi connectivity index (χ0n) is 9.52. The van der Waals surface area contributed by atoms with Gasteiger partial charge in [0.1, 0.15) is 5.75 Å². The Kier molecular flexibility index (Phi) is 4.42. The van der Waals surface area contributed by atoms with Gasteiger partial charge in [0.15, 0.2) is 0 Å². The van der Waals surface area contributed by atoms with Crippen molar-refractivity contribution in [3.05, 3.63) is 49.7 Å². The summed E-state index contributed by atoms with van der Waals surface area (Å²) in [4.78, 5) is 0. The molecule has 1 atom stereocenters. The lowest BCUT2D eigenvalue weighted by Gasteiger charge is -2.15. The zero-order valence-corrected chi connectivity index (χ0v) is 12.5. The van der Waals surface area contributed by atoms with Gasteiger partial charge in [-0.25, -0.2) is 0 Å². The van der Waals surface area contributed by atoms with Crippen LogP contribution in [0.1, 0.15) is 24.1 Å². The third kappa shape index (κ3) is 3.00. The zero-order chi connectivity index (χ0) is 12.3. The topological polar surface area (TPSA) is 35.2 Å². The van der Waals surface area contributed by atoms with E-state index in [1.807, 2.05) is 31.2 Å². The fourth-order valence-electron chi connectivity index (χ4n) is 1.69. The highest BCUT2D eigenvalue weighted by Gasteiger charge is 2.14. The molecule has 4 heteroatoms. The molecule has 0 aliphatic carbocycles. The highest BCUT2D eigenvalue weighted by atomic mass is 127. The Morgan fingerprint density at radius 1 is 1.41 bits per heavy atom. The van der Waals surface area contributed by atoms with E-state index in [4.69, 9.17) is 10.5 Å². The van der Waals surface area contributed by atoms with Crippen LogP contribution in [0.5, 0.6) is 5.75 Å². The molecule has 2 N–H and O–H groups in total. The normalized spacial score (nSPS) is 12.4. The van der Waals surface area contributed by atoms with Gasteiger partial charge in [-0.3, -0.25) is 0 Å². The Bertz CT molecular complexity index is 498. The fraction of sp³-hybridized carbons (Fsp3) is 0.231. The largest absolute Gasteiger partial charge is 0.494 e. The molecule has 1 aromatic heterocycles. The molecule has 1 aromatic carbocycles. The van der Waals surface area contributed by atoms with Gasteiger partial charge < -0.3 is 10.5 Å². The molecule has 0 fully saturated rings. The van der Waals surface area contributed by atoms with E-state index in [9.17, 15) is 0 Å².